The molecule has 1 aliphatic carbocycles. The zero-order valence-corrected chi connectivity index (χ0v) is 8.19. The van der Waals surface area contributed by atoms with E-state index in [2.05, 4.69) is 6.58 Å². The minimum atomic E-state index is -0.396. The molecular formula is C10H13ClO. The number of hydrogen-bond donors (Lipinski definition) is 0. The number of halogens is 1. The number of ketones is 1. The summed E-state index contributed by atoms with van der Waals surface area (Å²) in [4.78, 5) is 11.4. The van der Waals surface area contributed by atoms with Gasteiger partial charge >= 0.3 is 0 Å². The maximum Gasteiger partial charge on any atom is 0.176 e. The normalized spacial score (nSPS) is 29.9. The van der Waals surface area contributed by atoms with Crippen LogP contribution in [0.2, 0.25) is 0 Å². The van der Waals surface area contributed by atoms with Gasteiger partial charge in [0.25, 0.3) is 0 Å². The Kier molecular flexibility index (Phi) is 2.73. The third-order valence-electron chi connectivity index (χ3n) is 2.30. The van der Waals surface area contributed by atoms with Crippen LogP contribution >= 0.6 is 11.6 Å². The maximum atomic E-state index is 11.4. The monoisotopic (exact) mass is 184 g/mol. The van der Waals surface area contributed by atoms with Gasteiger partial charge in [0.15, 0.2) is 5.78 Å². The van der Waals surface area contributed by atoms with Crippen LogP contribution in [0.15, 0.2) is 23.8 Å². The van der Waals surface area contributed by atoms with E-state index in [0.29, 0.717) is 0 Å². The second kappa shape index (κ2) is 3.44. The van der Waals surface area contributed by atoms with Crippen molar-refractivity contribution in [1.82, 2.24) is 0 Å². The molecule has 0 spiro atoms. The molecule has 0 aliphatic heterocycles. The predicted molar refractivity (Wildman–Crippen MR) is 51.3 cm³/mol. The van der Waals surface area contributed by atoms with Crippen molar-refractivity contribution in [2.75, 3.05) is 0 Å². The standard InChI is InChI=1S/C10H13ClO/c1-6(2)8-5-4-7(3)10(12)9(8)11/h4,8-9H,1,5H2,2-3H3/t8-,9-/m1/s1. The molecule has 0 heterocycles. The first kappa shape index (κ1) is 9.53. The van der Waals surface area contributed by atoms with E-state index in [1.807, 2.05) is 19.9 Å². The van der Waals surface area contributed by atoms with E-state index in [9.17, 15) is 4.79 Å². The topological polar surface area (TPSA) is 17.1 Å². The van der Waals surface area contributed by atoms with Gasteiger partial charge in [-0.15, -0.1) is 11.6 Å². The first-order valence-electron chi connectivity index (χ1n) is 4.04. The molecule has 0 bridgehead atoms. The lowest BCUT2D eigenvalue weighted by atomic mass is 9.85. The zero-order chi connectivity index (χ0) is 9.30. The largest absolute Gasteiger partial charge is 0.293 e. The lowest BCUT2D eigenvalue weighted by molar-refractivity contribution is -0.116. The molecule has 2 atom stereocenters. The van der Waals surface area contributed by atoms with Crippen molar-refractivity contribution in [2.45, 2.75) is 25.6 Å². The molecule has 1 rings (SSSR count). The van der Waals surface area contributed by atoms with Crippen LogP contribution in [0.4, 0.5) is 0 Å². The highest BCUT2D eigenvalue weighted by atomic mass is 35.5. The molecule has 0 amide bonds. The summed E-state index contributed by atoms with van der Waals surface area (Å²) in [5, 5.41) is -0.396. The molecule has 1 aliphatic rings. The first-order chi connectivity index (χ1) is 5.54. The highest BCUT2D eigenvalue weighted by Gasteiger charge is 2.30. The number of Topliss-reactive ketones (excluding diaryl/α,β-unsaturated/α-hetero) is 1. The summed E-state index contributed by atoms with van der Waals surface area (Å²) in [7, 11) is 0. The van der Waals surface area contributed by atoms with E-state index >= 15 is 0 Å². The molecule has 2 heteroatoms. The lowest BCUT2D eigenvalue weighted by Gasteiger charge is -2.24. The Morgan fingerprint density at radius 3 is 2.83 bits per heavy atom. The third-order valence-corrected chi connectivity index (χ3v) is 2.81. The van der Waals surface area contributed by atoms with Gasteiger partial charge in [0.1, 0.15) is 5.38 Å². The minimum absolute atomic E-state index is 0.0518. The molecule has 1 nitrogen and oxygen atoms in total. The quantitative estimate of drug-likeness (QED) is 0.453. The molecule has 0 radical (unpaired) electrons. The fourth-order valence-corrected chi connectivity index (χ4v) is 1.87. The van der Waals surface area contributed by atoms with Crippen LogP contribution in [-0.2, 0) is 4.79 Å². The molecule has 0 saturated heterocycles. The van der Waals surface area contributed by atoms with Crippen molar-refractivity contribution in [3.63, 3.8) is 0 Å². The number of carbonyl (C=O) groups excluding carboxylic acids is 1. The average Bonchev–Trinajstić information content (AvgIpc) is 2.00. The molecular weight excluding hydrogens is 172 g/mol. The second-order valence-electron chi connectivity index (χ2n) is 3.34. The van der Waals surface area contributed by atoms with Gasteiger partial charge in [0.2, 0.25) is 0 Å². The Bertz CT molecular complexity index is 253. The lowest BCUT2D eigenvalue weighted by Crippen LogP contribution is -2.29. The molecule has 0 saturated carbocycles. The Labute approximate surface area is 78.1 Å². The first-order valence-corrected chi connectivity index (χ1v) is 4.48. The Morgan fingerprint density at radius 1 is 1.75 bits per heavy atom. The highest BCUT2D eigenvalue weighted by molar-refractivity contribution is 6.34. The van der Waals surface area contributed by atoms with E-state index in [-0.39, 0.29) is 11.7 Å². The van der Waals surface area contributed by atoms with Gasteiger partial charge in [0.05, 0.1) is 0 Å². The van der Waals surface area contributed by atoms with E-state index in [0.717, 1.165) is 17.6 Å². The number of alkyl halides is 1. The molecule has 12 heavy (non-hydrogen) atoms. The summed E-state index contributed by atoms with van der Waals surface area (Å²) < 4.78 is 0. The Morgan fingerprint density at radius 2 is 2.33 bits per heavy atom. The molecule has 66 valence electrons. The smallest absolute Gasteiger partial charge is 0.176 e. The van der Waals surface area contributed by atoms with Crippen molar-refractivity contribution in [2.24, 2.45) is 5.92 Å². The van der Waals surface area contributed by atoms with Gasteiger partial charge in [-0.3, -0.25) is 4.79 Å². The van der Waals surface area contributed by atoms with E-state index in [1.54, 1.807) is 0 Å². The van der Waals surface area contributed by atoms with Gasteiger partial charge in [-0.1, -0.05) is 18.2 Å². The van der Waals surface area contributed by atoms with Crippen LogP contribution in [0.1, 0.15) is 20.3 Å². The summed E-state index contributed by atoms with van der Waals surface area (Å²) in [5.41, 5.74) is 1.78. The van der Waals surface area contributed by atoms with Crippen LogP contribution in [-0.4, -0.2) is 11.2 Å². The molecule has 0 aromatic carbocycles. The van der Waals surface area contributed by atoms with Crippen LogP contribution in [0.3, 0.4) is 0 Å². The van der Waals surface area contributed by atoms with Gasteiger partial charge in [-0.05, 0) is 25.8 Å². The molecule has 0 N–H and O–H groups in total. The van der Waals surface area contributed by atoms with Crippen molar-refractivity contribution in [1.29, 1.82) is 0 Å². The van der Waals surface area contributed by atoms with Gasteiger partial charge < -0.3 is 0 Å². The van der Waals surface area contributed by atoms with Crippen LogP contribution < -0.4 is 0 Å². The molecule has 0 aromatic rings. The fraction of sp³-hybridized carbons (Fsp3) is 0.500. The van der Waals surface area contributed by atoms with Gasteiger partial charge in [0, 0.05) is 5.92 Å². The molecule has 0 unspecified atom stereocenters. The Hall–Kier alpha value is -0.560. The van der Waals surface area contributed by atoms with Gasteiger partial charge in [-0.25, -0.2) is 0 Å². The van der Waals surface area contributed by atoms with Crippen LogP contribution in [0, 0.1) is 5.92 Å². The second-order valence-corrected chi connectivity index (χ2v) is 3.81. The van der Waals surface area contributed by atoms with E-state index < -0.39 is 5.38 Å². The van der Waals surface area contributed by atoms with E-state index in [4.69, 9.17) is 11.6 Å². The minimum Gasteiger partial charge on any atom is -0.293 e. The summed E-state index contributed by atoms with van der Waals surface area (Å²) in [6, 6.07) is 0. The zero-order valence-electron chi connectivity index (χ0n) is 7.43. The van der Waals surface area contributed by atoms with Crippen molar-refractivity contribution >= 4 is 17.4 Å². The fourth-order valence-electron chi connectivity index (χ4n) is 1.38. The van der Waals surface area contributed by atoms with E-state index in [1.165, 1.54) is 0 Å². The maximum absolute atomic E-state index is 11.4. The van der Waals surface area contributed by atoms with Gasteiger partial charge in [-0.2, -0.15) is 0 Å². The number of allylic oxidation sites excluding steroid dienone is 3. The van der Waals surface area contributed by atoms with Crippen LogP contribution in [0.5, 0.6) is 0 Å². The predicted octanol–water partition coefficient (Wildman–Crippen LogP) is 2.71. The number of carbonyl (C=O) groups is 1. The van der Waals surface area contributed by atoms with Crippen molar-refractivity contribution in [3.8, 4) is 0 Å². The van der Waals surface area contributed by atoms with Crippen molar-refractivity contribution in [3.05, 3.63) is 23.8 Å². The SMILES string of the molecule is C=C(C)[C@H]1CC=C(C)C(=O)[C@@H]1Cl. The summed E-state index contributed by atoms with van der Waals surface area (Å²) in [6.45, 7) is 7.55. The average molecular weight is 185 g/mol. The molecule has 0 fully saturated rings. The van der Waals surface area contributed by atoms with Crippen LogP contribution in [0.25, 0.3) is 0 Å². The highest BCUT2D eigenvalue weighted by Crippen LogP contribution is 2.29. The Balaban J connectivity index is 2.87. The number of rotatable bonds is 1. The summed E-state index contributed by atoms with van der Waals surface area (Å²) >= 11 is 5.97. The summed E-state index contributed by atoms with van der Waals surface area (Å²) in [6.07, 6.45) is 2.79. The summed E-state index contributed by atoms with van der Waals surface area (Å²) in [5.74, 6) is 0.179. The number of hydrogen-bond acceptors (Lipinski definition) is 1. The molecule has 0 aromatic heterocycles. The van der Waals surface area contributed by atoms with Crippen molar-refractivity contribution < 1.29 is 4.79 Å². The third kappa shape index (κ3) is 1.61.